The van der Waals surface area contributed by atoms with Crippen molar-refractivity contribution in [1.29, 1.82) is 0 Å². The summed E-state index contributed by atoms with van der Waals surface area (Å²) in [6.07, 6.45) is 7.30. The van der Waals surface area contributed by atoms with Crippen LogP contribution in [0.5, 0.6) is 0 Å². The van der Waals surface area contributed by atoms with Gasteiger partial charge in [-0.25, -0.2) is 4.39 Å². The van der Waals surface area contributed by atoms with Gasteiger partial charge < -0.3 is 4.90 Å². The van der Waals surface area contributed by atoms with Crippen molar-refractivity contribution < 1.29 is 4.39 Å². The van der Waals surface area contributed by atoms with E-state index in [0.717, 1.165) is 0 Å². The fourth-order valence-electron chi connectivity index (χ4n) is 6.12. The molecule has 0 bridgehead atoms. The maximum atomic E-state index is 14.2. The molecular formula is C24H38FN. The van der Waals surface area contributed by atoms with Gasteiger partial charge in [0.25, 0.3) is 0 Å². The minimum absolute atomic E-state index is 0.0617. The Labute approximate surface area is 160 Å². The molecule has 3 rings (SSSR count). The first kappa shape index (κ1) is 19.9. The summed E-state index contributed by atoms with van der Waals surface area (Å²) in [6, 6.07) is 5.67. The van der Waals surface area contributed by atoms with Crippen LogP contribution in [-0.2, 0) is 0 Å². The first-order chi connectivity index (χ1) is 12.2. The van der Waals surface area contributed by atoms with E-state index in [1.54, 1.807) is 6.07 Å². The second kappa shape index (κ2) is 7.62. The lowest BCUT2D eigenvalue weighted by atomic mass is 9.59. The third kappa shape index (κ3) is 4.68. The quantitative estimate of drug-likeness (QED) is 0.575. The van der Waals surface area contributed by atoms with Gasteiger partial charge >= 0.3 is 0 Å². The second-order valence-electron chi connectivity index (χ2n) is 10.5. The standard InChI is InChI=1S/C24H38FN/c1-6-11-26-12-9-18(10-13-26)21-8-7-20(25)14-22(21)19-15-23(2,3)17-24(4,5)16-19/h7-8,14,18-19H,6,9-13,15-17H2,1-5H3. The van der Waals surface area contributed by atoms with Crippen molar-refractivity contribution in [2.24, 2.45) is 10.8 Å². The first-order valence-electron chi connectivity index (χ1n) is 10.7. The second-order valence-corrected chi connectivity index (χ2v) is 10.5. The summed E-state index contributed by atoms with van der Waals surface area (Å²) in [5, 5.41) is 0. The van der Waals surface area contributed by atoms with E-state index < -0.39 is 0 Å². The molecule has 1 saturated carbocycles. The molecular weight excluding hydrogens is 321 g/mol. The van der Waals surface area contributed by atoms with E-state index >= 15 is 0 Å². The first-order valence-corrected chi connectivity index (χ1v) is 10.7. The van der Waals surface area contributed by atoms with Crippen LogP contribution < -0.4 is 0 Å². The molecule has 2 heteroatoms. The average Bonchev–Trinajstić information content (AvgIpc) is 2.53. The Morgan fingerprint density at radius 2 is 1.58 bits per heavy atom. The smallest absolute Gasteiger partial charge is 0.123 e. The normalized spacial score (nSPS) is 24.7. The minimum atomic E-state index is -0.0617. The SMILES string of the molecule is CCCN1CCC(c2ccc(F)cc2C2CC(C)(C)CC(C)(C)C2)CC1. The highest BCUT2D eigenvalue weighted by molar-refractivity contribution is 5.35. The highest BCUT2D eigenvalue weighted by Gasteiger charge is 2.40. The van der Waals surface area contributed by atoms with Gasteiger partial charge in [-0.15, -0.1) is 0 Å². The van der Waals surface area contributed by atoms with Crippen LogP contribution in [0, 0.1) is 16.6 Å². The summed E-state index contributed by atoms with van der Waals surface area (Å²) in [7, 11) is 0. The van der Waals surface area contributed by atoms with Gasteiger partial charge in [0.05, 0.1) is 0 Å². The van der Waals surface area contributed by atoms with Crippen LogP contribution in [0.4, 0.5) is 4.39 Å². The number of hydrogen-bond donors (Lipinski definition) is 0. The Morgan fingerprint density at radius 3 is 2.15 bits per heavy atom. The molecule has 1 heterocycles. The van der Waals surface area contributed by atoms with Crippen molar-refractivity contribution >= 4 is 0 Å². The van der Waals surface area contributed by atoms with E-state index in [1.807, 2.05) is 6.07 Å². The number of piperidine rings is 1. The van der Waals surface area contributed by atoms with Crippen molar-refractivity contribution in [3.63, 3.8) is 0 Å². The van der Waals surface area contributed by atoms with Gasteiger partial charge in [-0.05, 0) is 104 Å². The van der Waals surface area contributed by atoms with E-state index in [9.17, 15) is 4.39 Å². The fraction of sp³-hybridized carbons (Fsp3) is 0.750. The Balaban J connectivity index is 1.85. The molecule has 2 fully saturated rings. The topological polar surface area (TPSA) is 3.24 Å². The Morgan fingerprint density at radius 1 is 0.962 bits per heavy atom. The maximum Gasteiger partial charge on any atom is 0.123 e. The lowest BCUT2D eigenvalue weighted by molar-refractivity contribution is 0.0961. The predicted octanol–water partition coefficient (Wildman–Crippen LogP) is 6.74. The molecule has 146 valence electrons. The molecule has 0 spiro atoms. The largest absolute Gasteiger partial charge is 0.303 e. The van der Waals surface area contributed by atoms with Crippen molar-refractivity contribution in [2.75, 3.05) is 19.6 Å². The van der Waals surface area contributed by atoms with Gasteiger partial charge in [-0.3, -0.25) is 0 Å². The molecule has 0 amide bonds. The van der Waals surface area contributed by atoms with Gasteiger partial charge in [0, 0.05) is 0 Å². The zero-order chi connectivity index (χ0) is 18.9. The molecule has 1 saturated heterocycles. The number of nitrogens with zero attached hydrogens (tertiary/aromatic N) is 1. The molecule has 1 aromatic rings. The third-order valence-electron chi connectivity index (χ3n) is 6.61. The molecule has 0 N–H and O–H groups in total. The number of likely N-dealkylation sites (tertiary alicyclic amines) is 1. The zero-order valence-corrected chi connectivity index (χ0v) is 17.6. The summed E-state index contributed by atoms with van der Waals surface area (Å²) in [5.41, 5.74) is 3.43. The Bertz CT molecular complexity index is 595. The van der Waals surface area contributed by atoms with Crippen LogP contribution in [0.25, 0.3) is 0 Å². The molecule has 1 aliphatic carbocycles. The van der Waals surface area contributed by atoms with E-state index in [2.05, 4.69) is 45.6 Å². The van der Waals surface area contributed by atoms with Crippen LogP contribution in [0.1, 0.15) is 96.1 Å². The molecule has 0 aromatic heterocycles. The van der Waals surface area contributed by atoms with Crippen molar-refractivity contribution in [3.05, 3.63) is 35.1 Å². The number of hydrogen-bond acceptors (Lipinski definition) is 1. The zero-order valence-electron chi connectivity index (χ0n) is 17.6. The van der Waals surface area contributed by atoms with Gasteiger partial charge in [0.1, 0.15) is 5.82 Å². The number of rotatable bonds is 4. The Kier molecular flexibility index (Phi) is 5.82. The van der Waals surface area contributed by atoms with Crippen LogP contribution in [-0.4, -0.2) is 24.5 Å². The molecule has 1 aliphatic heterocycles. The molecule has 26 heavy (non-hydrogen) atoms. The lowest BCUT2D eigenvalue weighted by Gasteiger charge is -2.46. The number of benzene rings is 1. The summed E-state index contributed by atoms with van der Waals surface area (Å²) >= 11 is 0. The summed E-state index contributed by atoms with van der Waals surface area (Å²) in [6.45, 7) is 15.4. The molecule has 1 aromatic carbocycles. The predicted molar refractivity (Wildman–Crippen MR) is 109 cm³/mol. The van der Waals surface area contributed by atoms with Gasteiger partial charge in [0.15, 0.2) is 0 Å². The van der Waals surface area contributed by atoms with Gasteiger partial charge in [-0.1, -0.05) is 40.7 Å². The molecule has 0 unspecified atom stereocenters. The van der Waals surface area contributed by atoms with E-state index in [1.165, 1.54) is 69.3 Å². The third-order valence-corrected chi connectivity index (χ3v) is 6.61. The maximum absolute atomic E-state index is 14.2. The number of halogens is 1. The van der Waals surface area contributed by atoms with E-state index in [0.29, 0.717) is 22.7 Å². The summed E-state index contributed by atoms with van der Waals surface area (Å²) in [4.78, 5) is 2.59. The highest BCUT2D eigenvalue weighted by Crippen LogP contribution is 2.53. The molecule has 1 nitrogen and oxygen atoms in total. The minimum Gasteiger partial charge on any atom is -0.303 e. The summed E-state index contributed by atoms with van der Waals surface area (Å²) in [5.74, 6) is 1.04. The van der Waals surface area contributed by atoms with E-state index in [-0.39, 0.29) is 5.82 Å². The van der Waals surface area contributed by atoms with Crippen molar-refractivity contribution in [3.8, 4) is 0 Å². The molecule has 0 radical (unpaired) electrons. The van der Waals surface area contributed by atoms with Crippen LogP contribution in [0.2, 0.25) is 0 Å². The van der Waals surface area contributed by atoms with Crippen LogP contribution in [0.15, 0.2) is 18.2 Å². The van der Waals surface area contributed by atoms with Crippen molar-refractivity contribution in [1.82, 2.24) is 4.90 Å². The summed E-state index contributed by atoms with van der Waals surface area (Å²) < 4.78 is 14.2. The van der Waals surface area contributed by atoms with Gasteiger partial charge in [0.2, 0.25) is 0 Å². The van der Waals surface area contributed by atoms with Crippen LogP contribution >= 0.6 is 0 Å². The Hall–Kier alpha value is -0.890. The van der Waals surface area contributed by atoms with Crippen LogP contribution in [0.3, 0.4) is 0 Å². The average molecular weight is 360 g/mol. The van der Waals surface area contributed by atoms with Crippen molar-refractivity contribution in [2.45, 2.75) is 85.0 Å². The lowest BCUT2D eigenvalue weighted by Crippen LogP contribution is -2.35. The van der Waals surface area contributed by atoms with Gasteiger partial charge in [-0.2, -0.15) is 0 Å². The molecule has 2 aliphatic rings. The monoisotopic (exact) mass is 359 g/mol. The fourth-order valence-corrected chi connectivity index (χ4v) is 6.12. The van der Waals surface area contributed by atoms with E-state index in [4.69, 9.17) is 0 Å². The highest BCUT2D eigenvalue weighted by atomic mass is 19.1. The molecule has 0 atom stereocenters.